The number of para-hydroxylation sites is 2. The van der Waals surface area contributed by atoms with Crippen molar-refractivity contribution in [3.8, 4) is 23.0 Å². The summed E-state index contributed by atoms with van der Waals surface area (Å²) in [6.45, 7) is 0.810. The van der Waals surface area contributed by atoms with E-state index < -0.39 is 0 Å². The van der Waals surface area contributed by atoms with E-state index in [-0.39, 0.29) is 0 Å². The summed E-state index contributed by atoms with van der Waals surface area (Å²) < 4.78 is 21.7. The van der Waals surface area contributed by atoms with E-state index in [0.717, 1.165) is 23.7 Å². The van der Waals surface area contributed by atoms with Crippen LogP contribution in [-0.4, -0.2) is 26.8 Å². The monoisotopic (exact) mass is 484 g/mol. The highest BCUT2D eigenvalue weighted by Crippen LogP contribution is 2.31. The van der Waals surface area contributed by atoms with Gasteiger partial charge in [0.1, 0.15) is 13.2 Å². The Hall–Kier alpha value is -4.58. The Morgan fingerprint density at radius 2 is 0.917 bits per heavy atom. The van der Waals surface area contributed by atoms with Crippen LogP contribution in [-0.2, 0) is 13.2 Å². The minimum atomic E-state index is 0.405. The number of hydrogen-bond donors (Lipinski definition) is 0. The zero-order valence-electron chi connectivity index (χ0n) is 20.3. The molecule has 0 unspecified atom stereocenters. The predicted molar refractivity (Wildman–Crippen MR) is 138 cm³/mol. The van der Waals surface area contributed by atoms with E-state index in [1.54, 1.807) is 50.6 Å². The largest absolute Gasteiger partial charge is 0.493 e. The maximum atomic E-state index is 11.0. The third-order valence-electron chi connectivity index (χ3n) is 5.16. The van der Waals surface area contributed by atoms with E-state index in [4.69, 9.17) is 18.9 Å². The molecule has 184 valence electrons. The minimum absolute atomic E-state index is 0.405. The van der Waals surface area contributed by atoms with Gasteiger partial charge in [-0.25, -0.2) is 0 Å². The van der Waals surface area contributed by atoms with Crippen molar-refractivity contribution in [1.29, 1.82) is 0 Å². The highest BCUT2D eigenvalue weighted by Gasteiger charge is 2.11. The molecule has 0 heterocycles. The third kappa shape index (κ3) is 7.21. The van der Waals surface area contributed by atoms with E-state index in [0.29, 0.717) is 47.3 Å². The molecule has 0 bridgehead atoms. The first kappa shape index (κ1) is 26.0. The van der Waals surface area contributed by atoms with Crippen LogP contribution < -0.4 is 18.9 Å². The Morgan fingerprint density at radius 3 is 1.25 bits per heavy atom. The van der Waals surface area contributed by atoms with Gasteiger partial charge in [-0.1, -0.05) is 72.8 Å². The standard InChI is InChI=1S/2C15H14O3/c2*1-17-14-9-5-8-13(10-16)15(14)18-11-12-6-3-2-4-7-12/h2*2-10H,11H2,1H3. The normalized spacial score (nSPS) is 9.83. The van der Waals surface area contributed by atoms with Gasteiger partial charge in [0.05, 0.1) is 25.3 Å². The van der Waals surface area contributed by atoms with Crippen molar-refractivity contribution >= 4 is 12.6 Å². The van der Waals surface area contributed by atoms with Crippen molar-refractivity contribution in [2.24, 2.45) is 0 Å². The second kappa shape index (κ2) is 14.0. The SMILES string of the molecule is COc1cccc(C=O)c1OCc1ccccc1.COc1cccc(C=O)c1OCc1ccccc1. The summed E-state index contributed by atoms with van der Waals surface area (Å²) in [5.41, 5.74) is 3.07. The van der Waals surface area contributed by atoms with Gasteiger partial charge in [0.15, 0.2) is 35.6 Å². The smallest absolute Gasteiger partial charge is 0.172 e. The van der Waals surface area contributed by atoms with E-state index in [9.17, 15) is 9.59 Å². The Kier molecular flexibility index (Phi) is 10.1. The topological polar surface area (TPSA) is 71.1 Å². The van der Waals surface area contributed by atoms with Gasteiger partial charge in [-0.05, 0) is 35.4 Å². The lowest BCUT2D eigenvalue weighted by molar-refractivity contribution is 0.111. The van der Waals surface area contributed by atoms with Gasteiger partial charge in [0.25, 0.3) is 0 Å². The summed E-state index contributed by atoms with van der Waals surface area (Å²) in [4.78, 5) is 21.9. The molecule has 0 saturated heterocycles. The second-order valence-electron chi connectivity index (χ2n) is 7.54. The van der Waals surface area contributed by atoms with E-state index in [1.165, 1.54) is 0 Å². The van der Waals surface area contributed by atoms with Crippen LogP contribution in [0.1, 0.15) is 31.8 Å². The average Bonchev–Trinajstić information content (AvgIpc) is 2.95. The van der Waals surface area contributed by atoms with E-state index in [2.05, 4.69) is 0 Å². The molecule has 6 nitrogen and oxygen atoms in total. The maximum Gasteiger partial charge on any atom is 0.172 e. The highest BCUT2D eigenvalue weighted by atomic mass is 16.5. The van der Waals surface area contributed by atoms with Crippen LogP contribution in [0.3, 0.4) is 0 Å². The number of carbonyl (C=O) groups is 2. The number of carbonyl (C=O) groups excluding carboxylic acids is 2. The molecule has 4 rings (SSSR count). The first-order valence-electron chi connectivity index (χ1n) is 11.3. The number of ether oxygens (including phenoxy) is 4. The van der Waals surface area contributed by atoms with Gasteiger partial charge in [0.2, 0.25) is 0 Å². The second-order valence-corrected chi connectivity index (χ2v) is 7.54. The minimum Gasteiger partial charge on any atom is -0.493 e. The van der Waals surface area contributed by atoms with Crippen molar-refractivity contribution in [3.05, 3.63) is 119 Å². The van der Waals surface area contributed by atoms with Crippen molar-refractivity contribution in [1.82, 2.24) is 0 Å². The molecule has 4 aromatic carbocycles. The van der Waals surface area contributed by atoms with Crippen LogP contribution in [0.4, 0.5) is 0 Å². The molecule has 0 fully saturated rings. The molecular weight excluding hydrogens is 456 g/mol. The van der Waals surface area contributed by atoms with Crippen molar-refractivity contribution in [3.63, 3.8) is 0 Å². The van der Waals surface area contributed by atoms with E-state index in [1.807, 2.05) is 60.7 Å². The fourth-order valence-corrected chi connectivity index (χ4v) is 3.34. The van der Waals surface area contributed by atoms with Gasteiger partial charge in [-0.2, -0.15) is 0 Å². The number of aldehydes is 2. The summed E-state index contributed by atoms with van der Waals surface area (Å²) in [5, 5.41) is 0. The summed E-state index contributed by atoms with van der Waals surface area (Å²) >= 11 is 0. The van der Waals surface area contributed by atoms with Crippen LogP contribution in [0.15, 0.2) is 97.1 Å². The Labute approximate surface area is 211 Å². The molecular formula is C30H28O6. The molecule has 6 heteroatoms. The average molecular weight is 485 g/mol. The molecule has 36 heavy (non-hydrogen) atoms. The van der Waals surface area contributed by atoms with Crippen molar-refractivity contribution in [2.75, 3.05) is 14.2 Å². The molecule has 0 spiro atoms. The first-order valence-corrected chi connectivity index (χ1v) is 11.3. The number of benzene rings is 4. The first-order chi connectivity index (χ1) is 17.7. The lowest BCUT2D eigenvalue weighted by Crippen LogP contribution is -2.00. The van der Waals surface area contributed by atoms with Gasteiger partial charge >= 0.3 is 0 Å². The lowest BCUT2D eigenvalue weighted by atomic mass is 10.2. The molecule has 0 amide bonds. The van der Waals surface area contributed by atoms with E-state index >= 15 is 0 Å². The zero-order chi connectivity index (χ0) is 25.6. The predicted octanol–water partition coefficient (Wildman–Crippen LogP) is 6.17. The lowest BCUT2D eigenvalue weighted by Gasteiger charge is -2.12. The molecule has 0 saturated carbocycles. The molecule has 0 aromatic heterocycles. The number of rotatable bonds is 10. The maximum absolute atomic E-state index is 11.0. The summed E-state index contributed by atoms with van der Waals surface area (Å²) in [5.74, 6) is 2.10. The Morgan fingerprint density at radius 1 is 0.528 bits per heavy atom. The fourth-order valence-electron chi connectivity index (χ4n) is 3.34. The molecule has 0 aliphatic rings. The molecule has 4 aromatic rings. The molecule has 0 aliphatic heterocycles. The van der Waals surface area contributed by atoms with Crippen LogP contribution in [0.5, 0.6) is 23.0 Å². The summed E-state index contributed by atoms with van der Waals surface area (Å²) in [6, 6.07) is 30.0. The van der Waals surface area contributed by atoms with Gasteiger partial charge < -0.3 is 18.9 Å². The number of hydrogen-bond acceptors (Lipinski definition) is 6. The van der Waals surface area contributed by atoms with Gasteiger partial charge in [0, 0.05) is 0 Å². The van der Waals surface area contributed by atoms with Crippen LogP contribution >= 0.6 is 0 Å². The van der Waals surface area contributed by atoms with Crippen LogP contribution in [0.2, 0.25) is 0 Å². The van der Waals surface area contributed by atoms with Crippen LogP contribution in [0.25, 0.3) is 0 Å². The molecule has 0 N–H and O–H groups in total. The highest BCUT2D eigenvalue weighted by molar-refractivity contribution is 5.81. The Balaban J connectivity index is 0.000000201. The zero-order valence-corrected chi connectivity index (χ0v) is 20.3. The summed E-state index contributed by atoms with van der Waals surface area (Å²) in [6.07, 6.45) is 1.53. The molecule has 0 radical (unpaired) electrons. The quantitative estimate of drug-likeness (QED) is 0.251. The molecule has 0 atom stereocenters. The van der Waals surface area contributed by atoms with Crippen LogP contribution in [0, 0.1) is 0 Å². The fraction of sp³-hybridized carbons (Fsp3) is 0.133. The summed E-state index contributed by atoms with van der Waals surface area (Å²) in [7, 11) is 3.11. The van der Waals surface area contributed by atoms with Crippen molar-refractivity contribution in [2.45, 2.75) is 13.2 Å². The third-order valence-corrected chi connectivity index (χ3v) is 5.16. The van der Waals surface area contributed by atoms with Gasteiger partial charge in [-0.3, -0.25) is 9.59 Å². The number of methoxy groups -OCH3 is 2. The van der Waals surface area contributed by atoms with Crippen molar-refractivity contribution < 1.29 is 28.5 Å². The molecule has 0 aliphatic carbocycles. The van der Waals surface area contributed by atoms with Gasteiger partial charge in [-0.15, -0.1) is 0 Å². The Bertz CT molecular complexity index is 1140.